The number of nitrogens with zero attached hydrogens (tertiary/aromatic N) is 1. The molecule has 0 unspecified atom stereocenters. The van der Waals surface area contributed by atoms with Crippen molar-refractivity contribution in [2.75, 3.05) is 5.32 Å². The van der Waals surface area contributed by atoms with Crippen LogP contribution < -0.4 is 5.32 Å². The van der Waals surface area contributed by atoms with Crippen molar-refractivity contribution in [3.05, 3.63) is 33.9 Å². The molecule has 0 spiro atoms. The lowest BCUT2D eigenvalue weighted by Crippen LogP contribution is -2.30. The molecule has 1 amide bonds. The number of aliphatic carboxylic acids is 1. The molecule has 0 atom stereocenters. The molecule has 0 saturated heterocycles. The standard InChI is InChI=1S/C9H5F3N2O5.C2HF3O2/c10-9(11,12)8(17)13-6-3-4(14(18)19)1-2-5(6)7(15)16;3-2(4,5)1(6)7/h1-3H,(H,13,17)(H,15,16);(H,6,7). The minimum atomic E-state index is -5.24. The van der Waals surface area contributed by atoms with E-state index in [1.165, 1.54) is 5.32 Å². The van der Waals surface area contributed by atoms with Gasteiger partial charge in [0.15, 0.2) is 0 Å². The topological polar surface area (TPSA) is 147 Å². The first-order valence-electron chi connectivity index (χ1n) is 5.77. The maximum absolute atomic E-state index is 12.0. The first kappa shape index (κ1) is 22.6. The minimum Gasteiger partial charge on any atom is -0.478 e. The van der Waals surface area contributed by atoms with Gasteiger partial charge in [0.2, 0.25) is 0 Å². The lowest BCUT2D eigenvalue weighted by molar-refractivity contribution is -0.384. The van der Waals surface area contributed by atoms with E-state index in [-0.39, 0.29) is 0 Å². The molecule has 1 aromatic rings. The molecule has 0 aliphatic rings. The van der Waals surface area contributed by atoms with Crippen LogP contribution in [0.4, 0.5) is 37.7 Å². The number of benzene rings is 1. The third-order valence-corrected chi connectivity index (χ3v) is 2.19. The van der Waals surface area contributed by atoms with Gasteiger partial charge in [-0.1, -0.05) is 0 Å². The molecule has 0 aliphatic heterocycles. The van der Waals surface area contributed by atoms with Crippen molar-refractivity contribution >= 4 is 29.2 Å². The molecule has 0 radical (unpaired) electrons. The van der Waals surface area contributed by atoms with Gasteiger partial charge in [0.25, 0.3) is 5.69 Å². The molecule has 0 fully saturated rings. The van der Waals surface area contributed by atoms with Gasteiger partial charge in [-0.25, -0.2) is 9.59 Å². The summed E-state index contributed by atoms with van der Waals surface area (Å²) in [5.41, 5.74) is -2.14. The molecule has 0 bridgehead atoms. The number of nitrogens with one attached hydrogen (secondary N) is 1. The highest BCUT2D eigenvalue weighted by atomic mass is 19.4. The first-order chi connectivity index (χ1) is 11.6. The summed E-state index contributed by atoms with van der Waals surface area (Å²) in [7, 11) is 0. The number of hydrogen-bond acceptors (Lipinski definition) is 5. The van der Waals surface area contributed by atoms with Crippen LogP contribution in [0.15, 0.2) is 18.2 Å². The summed E-state index contributed by atoms with van der Waals surface area (Å²) in [6, 6.07) is 2.06. The third-order valence-electron chi connectivity index (χ3n) is 2.19. The second-order valence-electron chi connectivity index (χ2n) is 4.05. The fraction of sp³-hybridized carbons (Fsp3) is 0.182. The number of carboxylic acids is 2. The Morgan fingerprint density at radius 2 is 1.46 bits per heavy atom. The molecule has 3 N–H and O–H groups in total. The molecule has 26 heavy (non-hydrogen) atoms. The lowest BCUT2D eigenvalue weighted by Gasteiger charge is -2.10. The van der Waals surface area contributed by atoms with Crippen LogP contribution in [0.2, 0.25) is 0 Å². The first-order valence-corrected chi connectivity index (χ1v) is 5.77. The highest BCUT2D eigenvalue weighted by molar-refractivity contribution is 6.02. The predicted octanol–water partition coefficient (Wildman–Crippen LogP) is 2.43. The molecule has 0 aliphatic carbocycles. The molecule has 15 heteroatoms. The number of nitro groups is 1. The highest BCUT2D eigenvalue weighted by Crippen LogP contribution is 2.25. The largest absolute Gasteiger partial charge is 0.490 e. The van der Waals surface area contributed by atoms with Gasteiger partial charge < -0.3 is 15.5 Å². The quantitative estimate of drug-likeness (QED) is 0.407. The molecule has 1 rings (SSSR count). The number of nitro benzene ring substituents is 1. The monoisotopic (exact) mass is 392 g/mol. The molecule has 144 valence electrons. The normalized spacial score (nSPS) is 11.0. The zero-order valence-corrected chi connectivity index (χ0v) is 11.9. The van der Waals surface area contributed by atoms with Gasteiger partial charge >= 0.3 is 30.2 Å². The number of carbonyl (C=O) groups is 3. The zero-order valence-electron chi connectivity index (χ0n) is 11.9. The molecule has 1 aromatic carbocycles. The number of halogens is 6. The average Bonchev–Trinajstić information content (AvgIpc) is 2.45. The van der Waals surface area contributed by atoms with Crippen LogP contribution in [0, 0.1) is 10.1 Å². The van der Waals surface area contributed by atoms with Gasteiger partial charge in [-0.2, -0.15) is 26.3 Å². The van der Waals surface area contributed by atoms with Gasteiger partial charge in [-0.3, -0.25) is 14.9 Å². The summed E-state index contributed by atoms with van der Waals surface area (Å²) in [6.07, 6.45) is -10.3. The Labute approximate surface area is 138 Å². The van der Waals surface area contributed by atoms with Gasteiger partial charge in [0, 0.05) is 12.1 Å². The van der Waals surface area contributed by atoms with Crippen LogP contribution in [-0.4, -0.2) is 45.3 Å². The average molecular weight is 392 g/mol. The maximum Gasteiger partial charge on any atom is 0.490 e. The van der Waals surface area contributed by atoms with Crippen LogP contribution in [0.1, 0.15) is 10.4 Å². The van der Waals surface area contributed by atoms with Crippen LogP contribution in [0.25, 0.3) is 0 Å². The Bertz CT molecular complexity index is 729. The molecular weight excluding hydrogens is 386 g/mol. The lowest BCUT2D eigenvalue weighted by atomic mass is 10.1. The van der Waals surface area contributed by atoms with E-state index in [1.54, 1.807) is 0 Å². The van der Waals surface area contributed by atoms with Gasteiger partial charge in [0.1, 0.15) is 0 Å². The number of hydrogen-bond donors (Lipinski definition) is 3. The third kappa shape index (κ3) is 7.02. The maximum atomic E-state index is 12.0. The molecule has 0 aromatic heterocycles. The number of carboxylic acid groups (broad SMARTS) is 2. The SMILES string of the molecule is O=C(O)C(F)(F)F.O=C(O)c1ccc([N+](=O)[O-])cc1NC(=O)C(F)(F)F. The van der Waals surface area contributed by atoms with Crippen molar-refractivity contribution in [3.63, 3.8) is 0 Å². The number of alkyl halides is 6. The number of non-ortho nitro benzene ring substituents is 1. The van der Waals surface area contributed by atoms with Crippen molar-refractivity contribution in [2.45, 2.75) is 12.4 Å². The van der Waals surface area contributed by atoms with Crippen LogP contribution in [0.3, 0.4) is 0 Å². The van der Waals surface area contributed by atoms with Crippen LogP contribution in [-0.2, 0) is 9.59 Å². The van der Waals surface area contributed by atoms with E-state index in [0.717, 1.165) is 12.1 Å². The minimum absolute atomic E-state index is 0.535. The molecule has 0 heterocycles. The number of amides is 1. The van der Waals surface area contributed by atoms with Gasteiger partial charge in [-0.05, 0) is 6.07 Å². The number of anilines is 1. The Balaban J connectivity index is 0.000000758. The Morgan fingerprint density at radius 1 is 1.00 bits per heavy atom. The smallest absolute Gasteiger partial charge is 0.478 e. The summed E-state index contributed by atoms with van der Waals surface area (Å²) in [5, 5.41) is 27.6. The van der Waals surface area contributed by atoms with E-state index in [9.17, 15) is 46.0 Å². The molecular formula is C11H6F6N2O7. The van der Waals surface area contributed by atoms with E-state index in [4.69, 9.17) is 15.0 Å². The van der Waals surface area contributed by atoms with E-state index in [1.807, 2.05) is 0 Å². The Kier molecular flexibility index (Phi) is 7.07. The number of carbonyl (C=O) groups excluding carboxylic acids is 1. The summed E-state index contributed by atoms with van der Waals surface area (Å²) >= 11 is 0. The predicted molar refractivity (Wildman–Crippen MR) is 68.4 cm³/mol. The summed E-state index contributed by atoms with van der Waals surface area (Å²) < 4.78 is 67.8. The fourth-order valence-corrected chi connectivity index (χ4v) is 1.13. The Morgan fingerprint density at radius 3 is 1.77 bits per heavy atom. The van der Waals surface area contributed by atoms with E-state index < -0.39 is 52.1 Å². The van der Waals surface area contributed by atoms with E-state index >= 15 is 0 Å². The van der Waals surface area contributed by atoms with Gasteiger partial charge in [-0.15, -0.1) is 0 Å². The van der Waals surface area contributed by atoms with Crippen LogP contribution >= 0.6 is 0 Å². The summed E-state index contributed by atoms with van der Waals surface area (Å²) in [5.74, 6) is -6.81. The highest BCUT2D eigenvalue weighted by Gasteiger charge is 2.39. The number of aromatic carboxylic acids is 1. The summed E-state index contributed by atoms with van der Waals surface area (Å²) in [4.78, 5) is 39.8. The van der Waals surface area contributed by atoms with Crippen molar-refractivity contribution in [2.24, 2.45) is 0 Å². The van der Waals surface area contributed by atoms with E-state index in [0.29, 0.717) is 6.07 Å². The van der Waals surface area contributed by atoms with Crippen LogP contribution in [0.5, 0.6) is 0 Å². The van der Waals surface area contributed by atoms with Crippen molar-refractivity contribution < 1.29 is 55.9 Å². The van der Waals surface area contributed by atoms with Gasteiger partial charge in [0.05, 0.1) is 16.2 Å². The molecule has 0 saturated carbocycles. The second kappa shape index (κ2) is 8.13. The summed E-state index contributed by atoms with van der Waals surface area (Å²) in [6.45, 7) is 0. The second-order valence-corrected chi connectivity index (χ2v) is 4.05. The van der Waals surface area contributed by atoms with Crippen molar-refractivity contribution in [1.29, 1.82) is 0 Å². The van der Waals surface area contributed by atoms with Crippen molar-refractivity contribution in [1.82, 2.24) is 0 Å². The van der Waals surface area contributed by atoms with E-state index in [2.05, 4.69) is 0 Å². The van der Waals surface area contributed by atoms with Crippen molar-refractivity contribution in [3.8, 4) is 0 Å². The molecule has 9 nitrogen and oxygen atoms in total. The zero-order chi connectivity index (χ0) is 20.9. The Hall–Kier alpha value is -3.39. The number of rotatable bonds is 3. The fourth-order valence-electron chi connectivity index (χ4n) is 1.13.